The first-order valence-electron chi connectivity index (χ1n) is 10.00. The lowest BCUT2D eigenvalue weighted by Crippen LogP contribution is -2.13. The average molecular weight is 392 g/mol. The van der Waals surface area contributed by atoms with Gasteiger partial charge in [-0.15, -0.1) is 0 Å². The van der Waals surface area contributed by atoms with Gasteiger partial charge in [0.1, 0.15) is 17.1 Å². The molecule has 5 heteroatoms. The number of benzene rings is 2. The standard InChI is InChI=1S/C24H24O5/c1-3-4-5-17-22(25)20-12-15(24(26)27)8-11-21(20)29-23(17)19-13-18(19)14-6-9-16(28-2)10-7-14/h6-12,18-19H,3-5,13H2,1-2H3,(H,26,27). The Hall–Kier alpha value is -3.08. The van der Waals surface area contributed by atoms with Crippen LogP contribution in [0.4, 0.5) is 0 Å². The number of aromatic carboxylic acids is 1. The van der Waals surface area contributed by atoms with Gasteiger partial charge < -0.3 is 14.3 Å². The first kappa shape index (κ1) is 19.2. The van der Waals surface area contributed by atoms with Crippen molar-refractivity contribution in [3.05, 3.63) is 75.1 Å². The molecule has 1 heterocycles. The van der Waals surface area contributed by atoms with Gasteiger partial charge in [0.15, 0.2) is 5.43 Å². The van der Waals surface area contributed by atoms with Crippen molar-refractivity contribution in [2.45, 2.75) is 44.4 Å². The smallest absolute Gasteiger partial charge is 0.335 e. The summed E-state index contributed by atoms with van der Waals surface area (Å²) in [7, 11) is 1.65. The van der Waals surface area contributed by atoms with Gasteiger partial charge in [0.2, 0.25) is 0 Å². The van der Waals surface area contributed by atoms with Crippen LogP contribution in [0.5, 0.6) is 5.75 Å². The highest BCUT2D eigenvalue weighted by Gasteiger charge is 2.43. The van der Waals surface area contributed by atoms with Crippen molar-refractivity contribution >= 4 is 16.9 Å². The SMILES string of the molecule is CCCCc1c(C2CC2c2ccc(OC)cc2)oc2ccc(C(=O)O)cc2c1=O. The van der Waals surface area contributed by atoms with E-state index in [9.17, 15) is 14.7 Å². The number of carbonyl (C=O) groups is 1. The average Bonchev–Trinajstić information content (AvgIpc) is 3.53. The zero-order chi connectivity index (χ0) is 20.5. The summed E-state index contributed by atoms with van der Waals surface area (Å²) in [5, 5.41) is 9.60. The molecule has 29 heavy (non-hydrogen) atoms. The minimum absolute atomic E-state index is 0.0986. The van der Waals surface area contributed by atoms with E-state index in [1.165, 1.54) is 17.7 Å². The molecule has 0 amide bonds. The molecule has 1 fully saturated rings. The van der Waals surface area contributed by atoms with Crippen LogP contribution in [0.15, 0.2) is 51.7 Å². The Balaban J connectivity index is 1.75. The van der Waals surface area contributed by atoms with Crippen molar-refractivity contribution in [3.8, 4) is 5.75 Å². The van der Waals surface area contributed by atoms with E-state index in [1.54, 1.807) is 13.2 Å². The molecule has 2 aromatic carbocycles. The van der Waals surface area contributed by atoms with Crippen LogP contribution in [0.2, 0.25) is 0 Å². The molecule has 0 saturated heterocycles. The summed E-state index contributed by atoms with van der Waals surface area (Å²) in [5.74, 6) is 1.03. The predicted molar refractivity (Wildman–Crippen MR) is 111 cm³/mol. The van der Waals surface area contributed by atoms with E-state index in [0.29, 0.717) is 28.9 Å². The molecule has 150 valence electrons. The summed E-state index contributed by atoms with van der Waals surface area (Å²) >= 11 is 0. The lowest BCUT2D eigenvalue weighted by molar-refractivity contribution is 0.0697. The van der Waals surface area contributed by atoms with E-state index in [2.05, 4.69) is 19.1 Å². The molecule has 1 aliphatic carbocycles. The van der Waals surface area contributed by atoms with E-state index in [0.717, 1.165) is 30.8 Å². The Labute approximate surface area is 168 Å². The Bertz CT molecular complexity index is 1110. The van der Waals surface area contributed by atoms with Crippen LogP contribution < -0.4 is 10.2 Å². The van der Waals surface area contributed by atoms with Crippen LogP contribution in [-0.2, 0) is 6.42 Å². The monoisotopic (exact) mass is 392 g/mol. The van der Waals surface area contributed by atoms with Gasteiger partial charge in [-0.05, 0) is 61.1 Å². The first-order chi connectivity index (χ1) is 14.0. The molecule has 1 aromatic heterocycles. The highest BCUT2D eigenvalue weighted by molar-refractivity contribution is 5.92. The highest BCUT2D eigenvalue weighted by atomic mass is 16.5. The number of rotatable bonds is 7. The zero-order valence-corrected chi connectivity index (χ0v) is 16.6. The fraction of sp³-hybridized carbons (Fsp3) is 0.333. The van der Waals surface area contributed by atoms with E-state index in [-0.39, 0.29) is 16.9 Å². The minimum atomic E-state index is -1.05. The number of unbranched alkanes of at least 4 members (excludes halogenated alkanes) is 1. The van der Waals surface area contributed by atoms with Gasteiger partial charge in [0, 0.05) is 11.5 Å². The zero-order valence-electron chi connectivity index (χ0n) is 16.6. The van der Waals surface area contributed by atoms with Crippen LogP contribution >= 0.6 is 0 Å². The molecule has 5 nitrogen and oxygen atoms in total. The molecule has 0 aliphatic heterocycles. The quantitative estimate of drug-likeness (QED) is 0.604. The number of ether oxygens (including phenoxy) is 1. The Morgan fingerprint density at radius 1 is 1.17 bits per heavy atom. The molecule has 2 unspecified atom stereocenters. The maximum absolute atomic E-state index is 13.2. The van der Waals surface area contributed by atoms with Crippen LogP contribution in [0, 0.1) is 0 Å². The molecule has 0 spiro atoms. The van der Waals surface area contributed by atoms with Crippen molar-refractivity contribution in [2.75, 3.05) is 7.11 Å². The lowest BCUT2D eigenvalue weighted by atomic mass is 9.99. The molecule has 1 saturated carbocycles. The lowest BCUT2D eigenvalue weighted by Gasteiger charge is -2.11. The first-order valence-corrected chi connectivity index (χ1v) is 10.00. The second-order valence-electron chi connectivity index (χ2n) is 7.62. The fourth-order valence-electron chi connectivity index (χ4n) is 3.98. The minimum Gasteiger partial charge on any atom is -0.497 e. The summed E-state index contributed by atoms with van der Waals surface area (Å²) in [4.78, 5) is 24.5. The summed E-state index contributed by atoms with van der Waals surface area (Å²) in [6.45, 7) is 2.09. The Morgan fingerprint density at radius 3 is 2.59 bits per heavy atom. The molecule has 2 atom stereocenters. The van der Waals surface area contributed by atoms with Gasteiger partial charge in [0.25, 0.3) is 0 Å². The number of hydrogen-bond acceptors (Lipinski definition) is 4. The van der Waals surface area contributed by atoms with E-state index in [1.807, 2.05) is 12.1 Å². The van der Waals surface area contributed by atoms with E-state index in [4.69, 9.17) is 9.15 Å². The van der Waals surface area contributed by atoms with Crippen molar-refractivity contribution in [1.82, 2.24) is 0 Å². The number of fused-ring (bicyclic) bond motifs is 1. The highest BCUT2D eigenvalue weighted by Crippen LogP contribution is 2.55. The molecule has 3 aromatic rings. The Kier molecular flexibility index (Phi) is 5.14. The molecular weight excluding hydrogens is 368 g/mol. The second-order valence-corrected chi connectivity index (χ2v) is 7.62. The van der Waals surface area contributed by atoms with Gasteiger partial charge in [-0.3, -0.25) is 4.79 Å². The molecule has 0 radical (unpaired) electrons. The predicted octanol–water partition coefficient (Wildman–Crippen LogP) is 5.11. The molecular formula is C24H24O5. The van der Waals surface area contributed by atoms with Crippen molar-refractivity contribution < 1.29 is 19.1 Å². The van der Waals surface area contributed by atoms with E-state index < -0.39 is 5.97 Å². The van der Waals surface area contributed by atoms with Crippen LogP contribution in [0.1, 0.15) is 65.3 Å². The maximum Gasteiger partial charge on any atom is 0.335 e. The summed E-state index contributed by atoms with van der Waals surface area (Å²) < 4.78 is 11.4. The van der Waals surface area contributed by atoms with Gasteiger partial charge in [0.05, 0.1) is 18.1 Å². The Morgan fingerprint density at radius 2 is 1.93 bits per heavy atom. The van der Waals surface area contributed by atoms with E-state index >= 15 is 0 Å². The maximum atomic E-state index is 13.2. The number of carboxylic acid groups (broad SMARTS) is 1. The van der Waals surface area contributed by atoms with Crippen molar-refractivity contribution in [2.24, 2.45) is 0 Å². The fourth-order valence-corrected chi connectivity index (χ4v) is 3.98. The van der Waals surface area contributed by atoms with Gasteiger partial charge in [-0.2, -0.15) is 0 Å². The largest absolute Gasteiger partial charge is 0.497 e. The second kappa shape index (κ2) is 7.74. The topological polar surface area (TPSA) is 76.7 Å². The summed E-state index contributed by atoms with van der Waals surface area (Å²) in [6, 6.07) is 12.5. The molecule has 1 N–H and O–H groups in total. The van der Waals surface area contributed by atoms with Gasteiger partial charge in [-0.25, -0.2) is 4.79 Å². The molecule has 1 aliphatic rings. The van der Waals surface area contributed by atoms with Gasteiger partial charge >= 0.3 is 5.97 Å². The summed E-state index contributed by atoms with van der Waals surface area (Å²) in [6.07, 6.45) is 3.45. The number of carboxylic acids is 1. The van der Waals surface area contributed by atoms with Crippen molar-refractivity contribution in [1.29, 1.82) is 0 Å². The number of hydrogen-bond donors (Lipinski definition) is 1. The van der Waals surface area contributed by atoms with Gasteiger partial charge in [-0.1, -0.05) is 25.5 Å². The van der Waals surface area contributed by atoms with Crippen molar-refractivity contribution in [3.63, 3.8) is 0 Å². The third-order valence-corrected chi connectivity index (χ3v) is 5.71. The van der Waals surface area contributed by atoms with Crippen LogP contribution in [0.25, 0.3) is 11.0 Å². The normalized spacial score (nSPS) is 18.0. The molecule has 4 rings (SSSR count). The third-order valence-electron chi connectivity index (χ3n) is 5.71. The molecule has 0 bridgehead atoms. The third kappa shape index (κ3) is 3.65. The van der Waals surface area contributed by atoms with Crippen LogP contribution in [-0.4, -0.2) is 18.2 Å². The summed E-state index contributed by atoms with van der Waals surface area (Å²) in [5.41, 5.74) is 2.36. The van der Waals surface area contributed by atoms with Crippen LogP contribution in [0.3, 0.4) is 0 Å². The number of methoxy groups -OCH3 is 1.